The minimum Gasteiger partial charge on any atom is -0.341 e. The van der Waals surface area contributed by atoms with Crippen molar-refractivity contribution >= 4 is 16.7 Å². The highest BCUT2D eigenvalue weighted by molar-refractivity contribution is 7.86. The molecule has 1 aliphatic carbocycles. The van der Waals surface area contributed by atoms with Crippen LogP contribution in [0.5, 0.6) is 0 Å². The molecule has 0 unspecified atom stereocenters. The van der Waals surface area contributed by atoms with Gasteiger partial charge in [-0.15, -0.1) is 0 Å². The summed E-state index contributed by atoms with van der Waals surface area (Å²) in [6, 6.07) is 4.91. The van der Waals surface area contributed by atoms with E-state index in [-0.39, 0.29) is 23.5 Å². The summed E-state index contributed by atoms with van der Waals surface area (Å²) in [5.41, 5.74) is -0.326. The molecule has 1 aromatic rings. The summed E-state index contributed by atoms with van der Waals surface area (Å²) < 4.78 is 50.2. The van der Waals surface area contributed by atoms with Gasteiger partial charge in [0.15, 0.2) is 0 Å². The highest BCUT2D eigenvalue weighted by atomic mass is 32.2. The van der Waals surface area contributed by atoms with Crippen LogP contribution in [-0.4, -0.2) is 33.1 Å². The van der Waals surface area contributed by atoms with E-state index >= 15 is 0 Å². The van der Waals surface area contributed by atoms with Crippen molar-refractivity contribution in [3.8, 4) is 0 Å². The Hall–Kier alpha value is -1.37. The predicted octanol–water partition coefficient (Wildman–Crippen LogP) is 3.36. The highest BCUT2D eigenvalue weighted by Gasteiger charge is 2.30. The van der Waals surface area contributed by atoms with E-state index < -0.39 is 22.5 Å². The summed E-state index contributed by atoms with van der Waals surface area (Å²) in [6.07, 6.45) is -0.535. The van der Waals surface area contributed by atoms with Crippen LogP contribution in [0, 0.1) is 0 Å². The summed E-state index contributed by atoms with van der Waals surface area (Å²) in [5.74, 6) is -0.354. The maximum absolute atomic E-state index is 12.7. The minimum atomic E-state index is -4.40. The van der Waals surface area contributed by atoms with Gasteiger partial charge in [-0.2, -0.15) is 13.2 Å². The number of alkyl halides is 3. The maximum Gasteiger partial charge on any atom is 0.416 e. The standard InChI is InChI=1S/C16H20F3NO2S/c1-20(15(21)11-23(22)14-7-2-3-8-14)10-12-5-4-6-13(9-12)16(17,18)19/h4-6,9,14H,2-3,7-8,10-11H2,1H3/t23-/m0/s1. The lowest BCUT2D eigenvalue weighted by Gasteiger charge is -2.19. The zero-order valence-corrected chi connectivity index (χ0v) is 13.8. The summed E-state index contributed by atoms with van der Waals surface area (Å²) in [5, 5.41) is 0.0842. The first kappa shape index (κ1) is 18.0. The number of hydrogen-bond donors (Lipinski definition) is 0. The molecule has 1 saturated carbocycles. The van der Waals surface area contributed by atoms with Gasteiger partial charge in [0, 0.05) is 29.6 Å². The highest BCUT2D eigenvalue weighted by Crippen LogP contribution is 2.29. The first-order valence-electron chi connectivity index (χ1n) is 7.54. The van der Waals surface area contributed by atoms with Crippen LogP contribution in [0.2, 0.25) is 0 Å². The van der Waals surface area contributed by atoms with E-state index in [2.05, 4.69) is 0 Å². The van der Waals surface area contributed by atoms with E-state index in [1.54, 1.807) is 6.07 Å². The molecular weight excluding hydrogens is 327 g/mol. The van der Waals surface area contributed by atoms with Crippen LogP contribution in [0.15, 0.2) is 24.3 Å². The zero-order valence-electron chi connectivity index (χ0n) is 12.9. The smallest absolute Gasteiger partial charge is 0.341 e. The Kier molecular flexibility index (Phi) is 5.84. The van der Waals surface area contributed by atoms with E-state index in [0.29, 0.717) is 5.56 Å². The molecule has 0 saturated heterocycles. The molecule has 0 radical (unpaired) electrons. The van der Waals surface area contributed by atoms with Crippen molar-refractivity contribution in [2.24, 2.45) is 0 Å². The van der Waals surface area contributed by atoms with Crippen molar-refractivity contribution in [2.75, 3.05) is 12.8 Å². The fourth-order valence-electron chi connectivity index (χ4n) is 2.71. The van der Waals surface area contributed by atoms with Gasteiger partial charge in [0.2, 0.25) is 5.91 Å². The van der Waals surface area contributed by atoms with Crippen LogP contribution >= 0.6 is 0 Å². The average molecular weight is 347 g/mol. The zero-order chi connectivity index (χ0) is 17.0. The molecular formula is C16H20F3NO2S. The number of hydrogen-bond acceptors (Lipinski definition) is 2. The molecule has 7 heteroatoms. The molecule has 2 rings (SSSR count). The lowest BCUT2D eigenvalue weighted by Crippen LogP contribution is -2.32. The molecule has 1 fully saturated rings. The lowest BCUT2D eigenvalue weighted by atomic mass is 10.1. The van der Waals surface area contributed by atoms with E-state index in [9.17, 15) is 22.2 Å². The first-order valence-corrected chi connectivity index (χ1v) is 8.93. The van der Waals surface area contributed by atoms with Gasteiger partial charge in [0.1, 0.15) is 5.75 Å². The molecule has 0 aliphatic heterocycles. The molecule has 1 amide bonds. The van der Waals surface area contributed by atoms with E-state index in [0.717, 1.165) is 37.8 Å². The average Bonchev–Trinajstić information content (AvgIpc) is 3.00. The molecule has 3 nitrogen and oxygen atoms in total. The second kappa shape index (κ2) is 7.47. The van der Waals surface area contributed by atoms with Gasteiger partial charge >= 0.3 is 6.18 Å². The molecule has 0 spiro atoms. The molecule has 0 bridgehead atoms. The van der Waals surface area contributed by atoms with Gasteiger partial charge in [-0.05, 0) is 30.5 Å². The third-order valence-corrected chi connectivity index (χ3v) is 5.79. The number of halogens is 3. The van der Waals surface area contributed by atoms with E-state index in [1.807, 2.05) is 0 Å². The van der Waals surface area contributed by atoms with Gasteiger partial charge in [0.05, 0.1) is 5.56 Å². The van der Waals surface area contributed by atoms with Gasteiger partial charge in [0.25, 0.3) is 0 Å². The van der Waals surface area contributed by atoms with E-state index in [1.165, 1.54) is 18.0 Å². The lowest BCUT2D eigenvalue weighted by molar-refractivity contribution is -0.137. The van der Waals surface area contributed by atoms with Crippen LogP contribution in [0.3, 0.4) is 0 Å². The molecule has 128 valence electrons. The second-order valence-electron chi connectivity index (χ2n) is 5.88. The molecule has 0 N–H and O–H groups in total. The Morgan fingerprint density at radius 1 is 1.30 bits per heavy atom. The van der Waals surface area contributed by atoms with Crippen LogP contribution < -0.4 is 0 Å². The number of benzene rings is 1. The molecule has 1 aromatic carbocycles. The van der Waals surface area contributed by atoms with Gasteiger partial charge in [-0.3, -0.25) is 9.00 Å². The number of carbonyl (C=O) groups is 1. The van der Waals surface area contributed by atoms with Gasteiger partial charge in [-0.25, -0.2) is 0 Å². The number of amides is 1. The van der Waals surface area contributed by atoms with Crippen LogP contribution in [0.4, 0.5) is 13.2 Å². The van der Waals surface area contributed by atoms with Crippen molar-refractivity contribution < 1.29 is 22.2 Å². The van der Waals surface area contributed by atoms with Crippen LogP contribution in [0.1, 0.15) is 36.8 Å². The normalized spacial score (nSPS) is 17.2. The molecule has 0 aromatic heterocycles. The number of nitrogens with zero attached hydrogens (tertiary/aromatic N) is 1. The molecule has 23 heavy (non-hydrogen) atoms. The van der Waals surface area contributed by atoms with Gasteiger partial charge in [-0.1, -0.05) is 25.0 Å². The third kappa shape index (κ3) is 5.06. The Labute approximate surface area is 136 Å². The predicted molar refractivity (Wildman–Crippen MR) is 83.2 cm³/mol. The Balaban J connectivity index is 1.94. The van der Waals surface area contributed by atoms with Crippen molar-refractivity contribution in [1.82, 2.24) is 4.90 Å². The fourth-order valence-corrected chi connectivity index (χ4v) is 4.27. The fraction of sp³-hybridized carbons (Fsp3) is 0.562. The SMILES string of the molecule is CN(Cc1cccc(C(F)(F)F)c1)C(=O)C[S@](=O)C1CCCC1. The molecule has 1 aliphatic rings. The maximum atomic E-state index is 12.7. The quantitative estimate of drug-likeness (QED) is 0.819. The summed E-state index contributed by atoms with van der Waals surface area (Å²) in [7, 11) is 0.329. The second-order valence-corrected chi connectivity index (χ2v) is 7.60. The van der Waals surface area contributed by atoms with Crippen molar-refractivity contribution in [3.63, 3.8) is 0 Å². The Bertz CT molecular complexity index is 583. The van der Waals surface area contributed by atoms with Crippen molar-refractivity contribution in [1.29, 1.82) is 0 Å². The topological polar surface area (TPSA) is 37.4 Å². The summed E-state index contributed by atoms with van der Waals surface area (Å²) in [4.78, 5) is 13.4. The summed E-state index contributed by atoms with van der Waals surface area (Å²) in [6.45, 7) is 0.0740. The van der Waals surface area contributed by atoms with E-state index in [4.69, 9.17) is 0 Å². The Morgan fingerprint density at radius 3 is 2.57 bits per heavy atom. The number of rotatable bonds is 5. The minimum absolute atomic E-state index is 0.0554. The first-order chi connectivity index (χ1) is 10.8. The summed E-state index contributed by atoms with van der Waals surface area (Å²) >= 11 is 0. The van der Waals surface area contributed by atoms with Gasteiger partial charge < -0.3 is 4.90 Å². The Morgan fingerprint density at radius 2 is 1.96 bits per heavy atom. The van der Waals surface area contributed by atoms with Crippen LogP contribution in [0.25, 0.3) is 0 Å². The monoisotopic (exact) mass is 347 g/mol. The van der Waals surface area contributed by atoms with Crippen molar-refractivity contribution in [3.05, 3.63) is 35.4 Å². The van der Waals surface area contributed by atoms with Crippen molar-refractivity contribution in [2.45, 2.75) is 43.7 Å². The third-order valence-electron chi connectivity index (χ3n) is 4.04. The molecule has 1 atom stereocenters. The number of carbonyl (C=O) groups excluding carboxylic acids is 1. The largest absolute Gasteiger partial charge is 0.416 e. The molecule has 0 heterocycles. The van der Waals surface area contributed by atoms with Crippen LogP contribution in [-0.2, 0) is 28.3 Å².